The van der Waals surface area contributed by atoms with Gasteiger partial charge in [-0.25, -0.2) is 0 Å². The fourth-order valence-electron chi connectivity index (χ4n) is 2.89. The summed E-state index contributed by atoms with van der Waals surface area (Å²) >= 11 is 0. The number of benzene rings is 1. The molecule has 1 N–H and O–H groups in total. The summed E-state index contributed by atoms with van der Waals surface area (Å²) in [5.41, 5.74) is 1.19. The molecule has 1 fully saturated rings. The van der Waals surface area contributed by atoms with E-state index in [2.05, 4.69) is 31.3 Å². The molecule has 0 aromatic heterocycles. The molecule has 1 unspecified atom stereocenters. The zero-order chi connectivity index (χ0) is 15.1. The lowest BCUT2D eigenvalue weighted by atomic mass is 10.1. The lowest BCUT2D eigenvalue weighted by molar-refractivity contribution is 0.0283. The molecule has 21 heavy (non-hydrogen) atoms. The third-order valence-corrected chi connectivity index (χ3v) is 4.18. The van der Waals surface area contributed by atoms with Crippen molar-refractivity contribution in [2.75, 3.05) is 20.3 Å². The monoisotopic (exact) mass is 291 g/mol. The molecule has 0 aliphatic heterocycles. The summed E-state index contributed by atoms with van der Waals surface area (Å²) in [6.07, 6.45) is 5.47. The molecule has 2 rings (SSSR count). The van der Waals surface area contributed by atoms with Gasteiger partial charge >= 0.3 is 0 Å². The second-order valence-corrected chi connectivity index (χ2v) is 6.31. The molecule has 1 aromatic carbocycles. The number of rotatable bonds is 8. The van der Waals surface area contributed by atoms with E-state index in [0.29, 0.717) is 6.04 Å². The minimum absolute atomic E-state index is 0.100. The van der Waals surface area contributed by atoms with Crippen LogP contribution in [0.3, 0.4) is 0 Å². The first-order valence-corrected chi connectivity index (χ1v) is 8.18. The topological polar surface area (TPSA) is 30.5 Å². The molecular formula is C18H29NO2. The molecule has 1 aliphatic carbocycles. The zero-order valence-electron chi connectivity index (χ0n) is 13.6. The number of ether oxygens (including phenoxy) is 2. The highest BCUT2D eigenvalue weighted by molar-refractivity contribution is 5.30. The van der Waals surface area contributed by atoms with Crippen molar-refractivity contribution in [3.8, 4) is 5.75 Å². The van der Waals surface area contributed by atoms with Gasteiger partial charge in [0.1, 0.15) is 5.75 Å². The zero-order valence-corrected chi connectivity index (χ0v) is 13.6. The van der Waals surface area contributed by atoms with Crippen LogP contribution in [-0.2, 0) is 4.74 Å². The van der Waals surface area contributed by atoms with Crippen LogP contribution >= 0.6 is 0 Å². The Kier molecular flexibility index (Phi) is 6.52. The molecule has 0 heterocycles. The van der Waals surface area contributed by atoms with Crippen molar-refractivity contribution >= 4 is 0 Å². The lowest BCUT2D eigenvalue weighted by Gasteiger charge is -2.22. The van der Waals surface area contributed by atoms with Gasteiger partial charge in [-0.05, 0) is 36.5 Å². The average molecular weight is 291 g/mol. The van der Waals surface area contributed by atoms with Crippen LogP contribution in [0.2, 0.25) is 0 Å². The van der Waals surface area contributed by atoms with Crippen LogP contribution in [-0.4, -0.2) is 26.3 Å². The van der Waals surface area contributed by atoms with Crippen molar-refractivity contribution in [3.05, 3.63) is 29.8 Å². The van der Waals surface area contributed by atoms with Gasteiger partial charge in [0.05, 0.1) is 19.8 Å². The van der Waals surface area contributed by atoms with Crippen LogP contribution in [0.15, 0.2) is 24.3 Å². The van der Waals surface area contributed by atoms with Crippen LogP contribution in [0, 0.1) is 5.92 Å². The second-order valence-electron chi connectivity index (χ2n) is 6.31. The first-order valence-electron chi connectivity index (χ1n) is 8.18. The van der Waals surface area contributed by atoms with Gasteiger partial charge in [-0.3, -0.25) is 0 Å². The van der Waals surface area contributed by atoms with E-state index in [0.717, 1.165) is 24.8 Å². The van der Waals surface area contributed by atoms with Crippen LogP contribution in [0.25, 0.3) is 0 Å². The highest BCUT2D eigenvalue weighted by atomic mass is 16.5. The van der Waals surface area contributed by atoms with Gasteiger partial charge in [-0.1, -0.05) is 38.8 Å². The summed E-state index contributed by atoms with van der Waals surface area (Å²) < 4.78 is 11.6. The lowest BCUT2D eigenvalue weighted by Crippen LogP contribution is -2.30. The van der Waals surface area contributed by atoms with Crippen LogP contribution in [0.1, 0.15) is 51.2 Å². The van der Waals surface area contributed by atoms with Crippen molar-refractivity contribution in [2.45, 2.75) is 51.7 Å². The fourth-order valence-corrected chi connectivity index (χ4v) is 2.89. The van der Waals surface area contributed by atoms with Crippen molar-refractivity contribution in [1.29, 1.82) is 0 Å². The Morgan fingerprint density at radius 3 is 2.67 bits per heavy atom. The smallest absolute Gasteiger partial charge is 0.119 e. The van der Waals surface area contributed by atoms with Crippen molar-refractivity contribution in [3.63, 3.8) is 0 Å². The third kappa shape index (κ3) is 5.33. The van der Waals surface area contributed by atoms with E-state index in [-0.39, 0.29) is 6.10 Å². The van der Waals surface area contributed by atoms with Crippen LogP contribution in [0.5, 0.6) is 5.75 Å². The van der Waals surface area contributed by atoms with Crippen molar-refractivity contribution in [2.24, 2.45) is 5.92 Å². The SMILES string of the molecule is COc1cccc(C(CNC(C)C)OCC2CCCC2)c1. The van der Waals surface area contributed by atoms with Gasteiger partial charge in [0.2, 0.25) is 0 Å². The summed E-state index contributed by atoms with van der Waals surface area (Å²) in [6.45, 7) is 6.05. The van der Waals surface area contributed by atoms with Crippen molar-refractivity contribution in [1.82, 2.24) is 5.32 Å². The summed E-state index contributed by atoms with van der Waals surface area (Å²) in [7, 11) is 1.71. The van der Waals surface area contributed by atoms with Crippen molar-refractivity contribution < 1.29 is 9.47 Å². The molecule has 3 heteroatoms. The molecule has 1 aliphatic rings. The standard InChI is InChI=1S/C18H29NO2/c1-14(2)19-12-18(21-13-15-7-4-5-8-15)16-9-6-10-17(11-16)20-3/h6,9-11,14-15,18-19H,4-5,7-8,12-13H2,1-3H3. The molecule has 0 spiro atoms. The number of hydrogen-bond acceptors (Lipinski definition) is 3. The maximum atomic E-state index is 6.24. The van der Waals surface area contributed by atoms with Gasteiger partial charge in [-0.15, -0.1) is 0 Å². The van der Waals surface area contributed by atoms with Gasteiger partial charge in [0, 0.05) is 12.6 Å². The molecule has 0 amide bonds. The maximum absolute atomic E-state index is 6.24. The van der Waals surface area contributed by atoms with Crippen LogP contribution < -0.4 is 10.1 Å². The Balaban J connectivity index is 1.98. The van der Waals surface area contributed by atoms with Gasteiger partial charge in [0.25, 0.3) is 0 Å². The Morgan fingerprint density at radius 2 is 2.00 bits per heavy atom. The van der Waals surface area contributed by atoms with E-state index in [1.807, 2.05) is 12.1 Å². The highest BCUT2D eigenvalue weighted by Crippen LogP contribution is 2.28. The predicted molar refractivity (Wildman–Crippen MR) is 86.8 cm³/mol. The Hall–Kier alpha value is -1.06. The molecule has 1 atom stereocenters. The molecule has 0 radical (unpaired) electrons. The summed E-state index contributed by atoms with van der Waals surface area (Å²) in [6, 6.07) is 8.70. The molecule has 1 aromatic rings. The Bertz CT molecular complexity index is 413. The second kappa shape index (κ2) is 8.40. The summed E-state index contributed by atoms with van der Waals surface area (Å²) in [4.78, 5) is 0. The quantitative estimate of drug-likeness (QED) is 0.787. The first-order chi connectivity index (χ1) is 10.2. The molecular weight excluding hydrogens is 262 g/mol. The normalized spacial score (nSPS) is 17.3. The minimum Gasteiger partial charge on any atom is -0.497 e. The Morgan fingerprint density at radius 1 is 1.24 bits per heavy atom. The predicted octanol–water partition coefficient (Wildman–Crippen LogP) is 3.94. The maximum Gasteiger partial charge on any atom is 0.119 e. The van der Waals surface area contributed by atoms with Gasteiger partial charge in [0.15, 0.2) is 0 Å². The van der Waals surface area contributed by atoms with E-state index in [1.54, 1.807) is 7.11 Å². The number of nitrogens with one attached hydrogen (secondary N) is 1. The highest BCUT2D eigenvalue weighted by Gasteiger charge is 2.19. The van der Waals surface area contributed by atoms with E-state index < -0.39 is 0 Å². The molecule has 3 nitrogen and oxygen atoms in total. The first kappa shape index (κ1) is 16.3. The molecule has 118 valence electrons. The van der Waals surface area contributed by atoms with Crippen LogP contribution in [0.4, 0.5) is 0 Å². The minimum atomic E-state index is 0.100. The summed E-state index contributed by atoms with van der Waals surface area (Å²) in [5, 5.41) is 3.49. The fraction of sp³-hybridized carbons (Fsp3) is 0.667. The summed E-state index contributed by atoms with van der Waals surface area (Å²) in [5.74, 6) is 1.64. The van der Waals surface area contributed by atoms with E-state index >= 15 is 0 Å². The van der Waals surface area contributed by atoms with Gasteiger partial charge < -0.3 is 14.8 Å². The van der Waals surface area contributed by atoms with E-state index in [1.165, 1.54) is 31.2 Å². The number of hydrogen-bond donors (Lipinski definition) is 1. The Labute approximate surface area is 129 Å². The number of methoxy groups -OCH3 is 1. The molecule has 1 saturated carbocycles. The van der Waals surface area contributed by atoms with E-state index in [9.17, 15) is 0 Å². The average Bonchev–Trinajstić information content (AvgIpc) is 3.00. The third-order valence-electron chi connectivity index (χ3n) is 4.18. The molecule has 0 bridgehead atoms. The van der Waals surface area contributed by atoms with Gasteiger partial charge in [-0.2, -0.15) is 0 Å². The largest absolute Gasteiger partial charge is 0.497 e. The van der Waals surface area contributed by atoms with E-state index in [4.69, 9.17) is 9.47 Å². The molecule has 0 saturated heterocycles.